The molecule has 0 saturated carbocycles. The minimum absolute atomic E-state index is 0. The van der Waals surface area contributed by atoms with Crippen LogP contribution in [-0.4, -0.2) is 56.5 Å². The molecule has 1 atom stereocenters. The minimum Gasteiger partial charge on any atom is -0.444 e. The van der Waals surface area contributed by atoms with Gasteiger partial charge < -0.3 is 25.4 Å². The number of ether oxygens (including phenoxy) is 2. The third-order valence-electron chi connectivity index (χ3n) is 3.47. The standard InChI is InChI=1S/C18H38N4O3.HI/c1-16(2,3)13(24-10)11-20-14(19-9)21-12-18(7,8)22-15(23)25-17(4,5)6;/h13H,11-12H2,1-10H3,(H,22,23)(H2,19,20,21);1H. The van der Waals surface area contributed by atoms with Crippen molar-refractivity contribution in [3.05, 3.63) is 0 Å². The first-order valence-corrected chi connectivity index (χ1v) is 8.68. The second-order valence-electron chi connectivity index (χ2n) is 8.91. The van der Waals surface area contributed by atoms with Gasteiger partial charge in [-0.25, -0.2) is 4.79 Å². The Morgan fingerprint density at radius 2 is 1.58 bits per heavy atom. The highest BCUT2D eigenvalue weighted by Gasteiger charge is 2.26. The predicted molar refractivity (Wildman–Crippen MR) is 118 cm³/mol. The van der Waals surface area contributed by atoms with Crippen LogP contribution < -0.4 is 16.0 Å². The number of amides is 1. The zero-order valence-corrected chi connectivity index (χ0v) is 20.4. The molecule has 0 saturated heterocycles. The molecule has 3 N–H and O–H groups in total. The number of methoxy groups -OCH3 is 1. The van der Waals surface area contributed by atoms with Gasteiger partial charge in [-0.2, -0.15) is 0 Å². The smallest absolute Gasteiger partial charge is 0.408 e. The Morgan fingerprint density at radius 1 is 1.04 bits per heavy atom. The Hall–Kier alpha value is -0.770. The fourth-order valence-corrected chi connectivity index (χ4v) is 2.08. The summed E-state index contributed by atoms with van der Waals surface area (Å²) in [5, 5.41) is 9.34. The van der Waals surface area contributed by atoms with Gasteiger partial charge in [-0.1, -0.05) is 20.8 Å². The average molecular weight is 486 g/mol. The van der Waals surface area contributed by atoms with E-state index in [9.17, 15) is 4.79 Å². The Labute approximate surface area is 176 Å². The monoisotopic (exact) mass is 486 g/mol. The van der Waals surface area contributed by atoms with Crippen LogP contribution in [0.1, 0.15) is 55.4 Å². The van der Waals surface area contributed by atoms with Gasteiger partial charge in [-0.3, -0.25) is 4.99 Å². The van der Waals surface area contributed by atoms with Crippen LogP contribution in [0.4, 0.5) is 4.79 Å². The van der Waals surface area contributed by atoms with Crippen molar-refractivity contribution in [3.8, 4) is 0 Å². The van der Waals surface area contributed by atoms with E-state index in [0.29, 0.717) is 19.0 Å². The van der Waals surface area contributed by atoms with E-state index in [0.717, 1.165) is 0 Å². The van der Waals surface area contributed by atoms with Crippen molar-refractivity contribution in [1.82, 2.24) is 16.0 Å². The summed E-state index contributed by atoms with van der Waals surface area (Å²) in [6.07, 6.45) is -0.381. The highest BCUT2D eigenvalue weighted by atomic mass is 127. The molecule has 0 bridgehead atoms. The molecular weight excluding hydrogens is 447 g/mol. The molecule has 0 aliphatic carbocycles. The van der Waals surface area contributed by atoms with Crippen molar-refractivity contribution in [2.24, 2.45) is 10.4 Å². The summed E-state index contributed by atoms with van der Waals surface area (Å²) in [5.41, 5.74) is -0.990. The fraction of sp³-hybridized carbons (Fsp3) is 0.889. The van der Waals surface area contributed by atoms with Crippen LogP contribution in [-0.2, 0) is 9.47 Å². The van der Waals surface area contributed by atoms with Crippen LogP contribution in [0, 0.1) is 5.41 Å². The lowest BCUT2D eigenvalue weighted by molar-refractivity contribution is 0.0205. The number of aliphatic imine (C=N–C) groups is 1. The molecule has 1 amide bonds. The number of carbonyl (C=O) groups excluding carboxylic acids is 1. The van der Waals surface area contributed by atoms with Crippen LogP contribution in [0.25, 0.3) is 0 Å². The third kappa shape index (κ3) is 12.6. The molecule has 156 valence electrons. The topological polar surface area (TPSA) is 84.0 Å². The Balaban J connectivity index is 0. The highest BCUT2D eigenvalue weighted by Crippen LogP contribution is 2.20. The molecule has 0 radical (unpaired) electrons. The van der Waals surface area contributed by atoms with Gasteiger partial charge in [-0.15, -0.1) is 24.0 Å². The molecule has 8 heteroatoms. The van der Waals surface area contributed by atoms with Gasteiger partial charge in [0.05, 0.1) is 11.6 Å². The Bertz CT molecular complexity index is 454. The Morgan fingerprint density at radius 3 is 1.96 bits per heavy atom. The molecule has 0 aromatic heterocycles. The first kappa shape index (κ1) is 27.4. The lowest BCUT2D eigenvalue weighted by atomic mass is 9.89. The Kier molecular flexibility index (Phi) is 11.8. The van der Waals surface area contributed by atoms with Crippen molar-refractivity contribution in [2.75, 3.05) is 27.2 Å². The largest absolute Gasteiger partial charge is 0.444 e. The summed E-state index contributed by atoms with van der Waals surface area (Å²) in [7, 11) is 3.42. The molecule has 26 heavy (non-hydrogen) atoms. The first-order valence-electron chi connectivity index (χ1n) is 8.68. The van der Waals surface area contributed by atoms with E-state index in [-0.39, 0.29) is 35.5 Å². The first-order chi connectivity index (χ1) is 11.2. The summed E-state index contributed by atoms with van der Waals surface area (Å²) in [4.78, 5) is 16.1. The fourth-order valence-electron chi connectivity index (χ4n) is 2.08. The van der Waals surface area contributed by atoms with E-state index in [1.54, 1.807) is 14.2 Å². The molecule has 7 nitrogen and oxygen atoms in total. The number of guanidine groups is 1. The van der Waals surface area contributed by atoms with Gasteiger partial charge in [0.15, 0.2) is 5.96 Å². The van der Waals surface area contributed by atoms with Crippen molar-refractivity contribution in [3.63, 3.8) is 0 Å². The molecule has 0 aromatic carbocycles. The zero-order chi connectivity index (χ0) is 19.9. The van der Waals surface area contributed by atoms with Crippen LogP contribution in [0.5, 0.6) is 0 Å². The second kappa shape index (κ2) is 11.2. The average Bonchev–Trinajstić information content (AvgIpc) is 2.38. The van der Waals surface area contributed by atoms with Crippen LogP contribution in [0.15, 0.2) is 4.99 Å². The maximum absolute atomic E-state index is 11.9. The number of rotatable bonds is 6. The van der Waals surface area contributed by atoms with Crippen molar-refractivity contribution >= 4 is 36.0 Å². The predicted octanol–water partition coefficient (Wildman–Crippen LogP) is 3.13. The van der Waals surface area contributed by atoms with Gasteiger partial charge in [0.2, 0.25) is 0 Å². The molecule has 0 spiro atoms. The summed E-state index contributed by atoms with van der Waals surface area (Å²) in [5.74, 6) is 0.658. The van der Waals surface area contributed by atoms with Crippen molar-refractivity contribution in [2.45, 2.75) is 72.6 Å². The van der Waals surface area contributed by atoms with E-state index in [2.05, 4.69) is 41.7 Å². The number of nitrogens with one attached hydrogen (secondary N) is 3. The molecular formula is C18H39IN4O3. The number of carbonyl (C=O) groups is 1. The molecule has 0 aliphatic rings. The molecule has 0 heterocycles. The van der Waals surface area contributed by atoms with Gasteiger partial charge in [-0.05, 0) is 40.0 Å². The number of hydrogen-bond acceptors (Lipinski definition) is 4. The SMILES string of the molecule is CN=C(NCC(OC)C(C)(C)C)NCC(C)(C)NC(=O)OC(C)(C)C.I. The van der Waals surface area contributed by atoms with Crippen molar-refractivity contribution < 1.29 is 14.3 Å². The van der Waals surface area contributed by atoms with Gasteiger partial charge >= 0.3 is 6.09 Å². The van der Waals surface area contributed by atoms with E-state index in [1.807, 2.05) is 34.6 Å². The van der Waals surface area contributed by atoms with Crippen LogP contribution in [0.2, 0.25) is 0 Å². The van der Waals surface area contributed by atoms with E-state index < -0.39 is 17.2 Å². The summed E-state index contributed by atoms with van der Waals surface area (Å²) >= 11 is 0. The quantitative estimate of drug-likeness (QED) is 0.305. The number of halogens is 1. The number of nitrogens with zero attached hydrogens (tertiary/aromatic N) is 1. The lowest BCUT2D eigenvalue weighted by Gasteiger charge is -2.31. The highest BCUT2D eigenvalue weighted by molar-refractivity contribution is 14.0. The van der Waals surface area contributed by atoms with Crippen molar-refractivity contribution in [1.29, 1.82) is 0 Å². The molecule has 1 unspecified atom stereocenters. The van der Waals surface area contributed by atoms with Gasteiger partial charge in [0.25, 0.3) is 0 Å². The van der Waals surface area contributed by atoms with Gasteiger partial charge in [0, 0.05) is 27.2 Å². The van der Waals surface area contributed by atoms with Crippen LogP contribution >= 0.6 is 24.0 Å². The summed E-state index contributed by atoms with van der Waals surface area (Å²) in [6.45, 7) is 16.9. The van der Waals surface area contributed by atoms with E-state index in [4.69, 9.17) is 9.47 Å². The molecule has 0 aliphatic heterocycles. The number of hydrogen-bond donors (Lipinski definition) is 3. The van der Waals surface area contributed by atoms with E-state index in [1.165, 1.54) is 0 Å². The summed E-state index contributed by atoms with van der Waals surface area (Å²) < 4.78 is 10.8. The third-order valence-corrected chi connectivity index (χ3v) is 3.47. The van der Waals surface area contributed by atoms with Gasteiger partial charge in [0.1, 0.15) is 5.60 Å². The summed E-state index contributed by atoms with van der Waals surface area (Å²) in [6, 6.07) is 0. The second-order valence-corrected chi connectivity index (χ2v) is 8.91. The molecule has 0 aromatic rings. The zero-order valence-electron chi connectivity index (χ0n) is 18.1. The van der Waals surface area contributed by atoms with E-state index >= 15 is 0 Å². The maximum atomic E-state index is 11.9. The molecule has 0 rings (SSSR count). The lowest BCUT2D eigenvalue weighted by Crippen LogP contribution is -2.55. The maximum Gasteiger partial charge on any atom is 0.408 e. The normalized spacial score (nSPS) is 14.2. The molecule has 0 fully saturated rings. The van der Waals surface area contributed by atoms with Crippen LogP contribution in [0.3, 0.4) is 0 Å². The number of alkyl carbamates (subject to hydrolysis) is 1. The minimum atomic E-state index is -0.521.